The van der Waals surface area contributed by atoms with Crippen LogP contribution in [0.25, 0.3) is 0 Å². The summed E-state index contributed by atoms with van der Waals surface area (Å²) in [6.45, 7) is 6.32. The van der Waals surface area contributed by atoms with E-state index in [1.165, 1.54) is 0 Å². The minimum absolute atomic E-state index is 0.0898. The molecule has 0 unspecified atom stereocenters. The molecule has 4 nitrogen and oxygen atoms in total. The zero-order valence-electron chi connectivity index (χ0n) is 13.4. The van der Waals surface area contributed by atoms with Gasteiger partial charge in [0.1, 0.15) is 5.75 Å². The zero-order chi connectivity index (χ0) is 17.0. The lowest BCUT2D eigenvalue weighted by molar-refractivity contribution is 0.0696. The molecular formula is C18H20BrNO3. The summed E-state index contributed by atoms with van der Waals surface area (Å²) < 4.78 is 6.80. The number of benzene rings is 2. The molecule has 5 heteroatoms. The standard InChI is InChI=1S/C18H20BrNO3/c1-11(2)23-17-8-7-14(19)9-13(17)10-20-16-6-4-5-15(12(16)3)18(21)22/h4-9,11,20H,10H2,1-3H3,(H,21,22). The van der Waals surface area contributed by atoms with Crippen LogP contribution in [0.15, 0.2) is 40.9 Å². The minimum Gasteiger partial charge on any atom is -0.491 e. The van der Waals surface area contributed by atoms with Crippen molar-refractivity contribution in [2.24, 2.45) is 0 Å². The van der Waals surface area contributed by atoms with Crippen LogP contribution in [-0.4, -0.2) is 17.2 Å². The van der Waals surface area contributed by atoms with Gasteiger partial charge in [0.2, 0.25) is 0 Å². The Kier molecular flexibility index (Phi) is 5.66. The number of nitrogens with one attached hydrogen (secondary N) is 1. The van der Waals surface area contributed by atoms with Gasteiger partial charge < -0.3 is 15.2 Å². The van der Waals surface area contributed by atoms with Crippen molar-refractivity contribution >= 4 is 27.6 Å². The molecule has 0 bridgehead atoms. The Balaban J connectivity index is 2.23. The quantitative estimate of drug-likeness (QED) is 0.754. The highest BCUT2D eigenvalue weighted by molar-refractivity contribution is 9.10. The summed E-state index contributed by atoms with van der Waals surface area (Å²) in [7, 11) is 0. The van der Waals surface area contributed by atoms with E-state index in [-0.39, 0.29) is 6.10 Å². The number of anilines is 1. The summed E-state index contributed by atoms with van der Waals surface area (Å²) in [4.78, 5) is 11.2. The number of carboxylic acid groups (broad SMARTS) is 1. The molecule has 0 amide bonds. The Labute approximate surface area is 144 Å². The summed E-state index contributed by atoms with van der Waals surface area (Å²) in [5.41, 5.74) is 2.85. The van der Waals surface area contributed by atoms with Gasteiger partial charge in [-0.15, -0.1) is 0 Å². The highest BCUT2D eigenvalue weighted by atomic mass is 79.9. The van der Waals surface area contributed by atoms with Crippen molar-refractivity contribution in [2.75, 3.05) is 5.32 Å². The van der Waals surface area contributed by atoms with E-state index in [0.717, 1.165) is 27.0 Å². The monoisotopic (exact) mass is 377 g/mol. The largest absolute Gasteiger partial charge is 0.491 e. The molecule has 0 saturated heterocycles. The molecule has 0 atom stereocenters. The maximum Gasteiger partial charge on any atom is 0.336 e. The average Bonchev–Trinajstić information content (AvgIpc) is 2.48. The molecule has 2 aromatic carbocycles. The third-order valence-corrected chi connectivity index (χ3v) is 3.91. The van der Waals surface area contributed by atoms with Crippen LogP contribution in [0.3, 0.4) is 0 Å². The fourth-order valence-corrected chi connectivity index (χ4v) is 2.71. The number of hydrogen-bond donors (Lipinski definition) is 2. The number of halogens is 1. The van der Waals surface area contributed by atoms with E-state index in [1.807, 2.05) is 38.1 Å². The maximum atomic E-state index is 11.2. The topological polar surface area (TPSA) is 58.6 Å². The first-order valence-electron chi connectivity index (χ1n) is 7.40. The van der Waals surface area contributed by atoms with Gasteiger partial charge in [0.05, 0.1) is 11.7 Å². The second-order valence-corrected chi connectivity index (χ2v) is 6.47. The van der Waals surface area contributed by atoms with Crippen molar-refractivity contribution in [3.05, 3.63) is 57.6 Å². The lowest BCUT2D eigenvalue weighted by Gasteiger charge is -2.17. The Morgan fingerprint density at radius 2 is 2.04 bits per heavy atom. The number of carboxylic acids is 1. The first kappa shape index (κ1) is 17.3. The maximum absolute atomic E-state index is 11.2. The van der Waals surface area contributed by atoms with E-state index in [9.17, 15) is 9.90 Å². The average molecular weight is 378 g/mol. The Hall–Kier alpha value is -2.01. The highest BCUT2D eigenvalue weighted by Crippen LogP contribution is 2.26. The zero-order valence-corrected chi connectivity index (χ0v) is 15.0. The van der Waals surface area contributed by atoms with Gasteiger partial charge in [0, 0.05) is 22.3 Å². The summed E-state index contributed by atoms with van der Waals surface area (Å²) in [5.74, 6) is -0.0971. The molecule has 2 aromatic rings. The van der Waals surface area contributed by atoms with Crippen molar-refractivity contribution in [3.63, 3.8) is 0 Å². The summed E-state index contributed by atoms with van der Waals surface area (Å²) in [5, 5.41) is 12.5. The highest BCUT2D eigenvalue weighted by Gasteiger charge is 2.11. The second-order valence-electron chi connectivity index (χ2n) is 5.56. The first-order valence-corrected chi connectivity index (χ1v) is 8.19. The third-order valence-electron chi connectivity index (χ3n) is 3.42. The molecule has 0 aliphatic rings. The van der Waals surface area contributed by atoms with Crippen LogP contribution >= 0.6 is 15.9 Å². The van der Waals surface area contributed by atoms with E-state index in [1.54, 1.807) is 19.1 Å². The van der Waals surface area contributed by atoms with Crippen LogP contribution in [0.1, 0.15) is 35.3 Å². The van der Waals surface area contributed by atoms with E-state index >= 15 is 0 Å². The number of rotatable bonds is 6. The van der Waals surface area contributed by atoms with Crippen molar-refractivity contribution in [2.45, 2.75) is 33.4 Å². The van der Waals surface area contributed by atoms with Gasteiger partial charge in [-0.05, 0) is 56.7 Å². The SMILES string of the molecule is Cc1c(NCc2cc(Br)ccc2OC(C)C)cccc1C(=O)O. The fraction of sp³-hybridized carbons (Fsp3) is 0.278. The molecule has 0 saturated carbocycles. The lowest BCUT2D eigenvalue weighted by atomic mass is 10.1. The molecule has 0 spiro atoms. The Morgan fingerprint density at radius 3 is 2.70 bits per heavy atom. The number of aromatic carboxylic acids is 1. The predicted molar refractivity (Wildman–Crippen MR) is 95.4 cm³/mol. The van der Waals surface area contributed by atoms with E-state index in [4.69, 9.17) is 4.74 Å². The van der Waals surface area contributed by atoms with Crippen LogP contribution < -0.4 is 10.1 Å². The smallest absolute Gasteiger partial charge is 0.336 e. The van der Waals surface area contributed by atoms with Gasteiger partial charge in [-0.2, -0.15) is 0 Å². The predicted octanol–water partition coefficient (Wildman–Crippen LogP) is 4.86. The van der Waals surface area contributed by atoms with Crippen LogP contribution in [0.2, 0.25) is 0 Å². The molecule has 0 radical (unpaired) electrons. The molecule has 0 fully saturated rings. The normalized spacial score (nSPS) is 10.7. The molecule has 0 heterocycles. The van der Waals surface area contributed by atoms with Gasteiger partial charge in [-0.3, -0.25) is 0 Å². The minimum atomic E-state index is -0.919. The van der Waals surface area contributed by atoms with Crippen LogP contribution in [-0.2, 0) is 6.54 Å². The van der Waals surface area contributed by atoms with Gasteiger partial charge in [-0.1, -0.05) is 22.0 Å². The number of ether oxygens (including phenoxy) is 1. The van der Waals surface area contributed by atoms with Gasteiger partial charge >= 0.3 is 5.97 Å². The van der Waals surface area contributed by atoms with Gasteiger partial charge in [0.25, 0.3) is 0 Å². The number of hydrogen-bond acceptors (Lipinski definition) is 3. The first-order chi connectivity index (χ1) is 10.9. The van der Waals surface area contributed by atoms with Crippen LogP contribution in [0.4, 0.5) is 5.69 Å². The van der Waals surface area contributed by atoms with E-state index in [2.05, 4.69) is 21.2 Å². The van der Waals surface area contributed by atoms with Crippen molar-refractivity contribution in [1.82, 2.24) is 0 Å². The molecule has 2 N–H and O–H groups in total. The van der Waals surface area contributed by atoms with Gasteiger partial charge in [-0.25, -0.2) is 4.79 Å². The third kappa shape index (κ3) is 4.48. The van der Waals surface area contributed by atoms with Crippen LogP contribution in [0.5, 0.6) is 5.75 Å². The summed E-state index contributed by atoms with van der Waals surface area (Å²) in [6.07, 6.45) is 0.0898. The summed E-state index contributed by atoms with van der Waals surface area (Å²) >= 11 is 3.47. The van der Waals surface area contributed by atoms with Gasteiger partial charge in [0.15, 0.2) is 0 Å². The van der Waals surface area contributed by atoms with Crippen molar-refractivity contribution < 1.29 is 14.6 Å². The number of carbonyl (C=O) groups is 1. The van der Waals surface area contributed by atoms with Crippen molar-refractivity contribution in [3.8, 4) is 5.75 Å². The lowest BCUT2D eigenvalue weighted by Crippen LogP contribution is -2.10. The molecule has 23 heavy (non-hydrogen) atoms. The molecule has 0 aliphatic carbocycles. The van der Waals surface area contributed by atoms with Crippen LogP contribution in [0, 0.1) is 6.92 Å². The summed E-state index contributed by atoms with van der Waals surface area (Å²) in [6, 6.07) is 11.1. The van der Waals surface area contributed by atoms with E-state index in [0.29, 0.717) is 12.1 Å². The van der Waals surface area contributed by atoms with E-state index < -0.39 is 5.97 Å². The molecule has 0 aromatic heterocycles. The Morgan fingerprint density at radius 1 is 1.30 bits per heavy atom. The molecule has 0 aliphatic heterocycles. The Bertz CT molecular complexity index is 713. The van der Waals surface area contributed by atoms with Crippen molar-refractivity contribution in [1.29, 1.82) is 0 Å². The second kappa shape index (κ2) is 7.51. The fourth-order valence-electron chi connectivity index (χ4n) is 2.30. The molecular weight excluding hydrogens is 358 g/mol. The molecule has 2 rings (SSSR count). The molecule has 122 valence electrons.